The molecule has 2 heterocycles. The number of benzene rings is 2. The molecule has 2 aliphatic heterocycles. The number of nitrogens with zero attached hydrogens (tertiary/aromatic N) is 1. The maximum absolute atomic E-state index is 14.4. The number of hydrogen-bond acceptors (Lipinski definition) is 6. The van der Waals surface area contributed by atoms with Gasteiger partial charge in [0.2, 0.25) is 35.4 Å². The highest BCUT2D eigenvalue weighted by molar-refractivity contribution is 5.98. The first kappa shape index (κ1) is 41.0. The zero-order chi connectivity index (χ0) is 38.7. The highest BCUT2D eigenvalue weighted by atomic mass is 16.2. The number of rotatable bonds is 10. The van der Waals surface area contributed by atoms with Crippen molar-refractivity contribution in [3.8, 4) is 0 Å². The monoisotopic (exact) mass is 730 g/mol. The quantitative estimate of drug-likeness (QED) is 0.252. The van der Waals surface area contributed by atoms with E-state index in [1.54, 1.807) is 0 Å². The number of carbonyl (C=O) groups excluding carboxylic acids is 6. The normalized spacial score (nSPS) is 25.8. The van der Waals surface area contributed by atoms with Gasteiger partial charge in [0.05, 0.1) is 0 Å². The molecule has 0 unspecified atom stereocenters. The van der Waals surface area contributed by atoms with Gasteiger partial charge in [0.25, 0.3) is 0 Å². The van der Waals surface area contributed by atoms with Crippen molar-refractivity contribution >= 4 is 35.4 Å². The van der Waals surface area contributed by atoms with Crippen LogP contribution in [0.1, 0.15) is 84.8 Å². The van der Waals surface area contributed by atoms with Gasteiger partial charge in [0.1, 0.15) is 36.3 Å². The summed E-state index contributed by atoms with van der Waals surface area (Å²) in [4.78, 5) is 86.3. The van der Waals surface area contributed by atoms with E-state index in [1.807, 2.05) is 102 Å². The molecule has 2 aliphatic rings. The summed E-state index contributed by atoms with van der Waals surface area (Å²) in [7, 11) is 0. The maximum Gasteiger partial charge on any atom is 0.246 e. The Morgan fingerprint density at radius 2 is 1.04 bits per heavy atom. The maximum atomic E-state index is 14.4. The Labute approximate surface area is 314 Å². The highest BCUT2D eigenvalue weighted by Crippen LogP contribution is 2.21. The first-order valence-electron chi connectivity index (χ1n) is 19.2. The van der Waals surface area contributed by atoms with Gasteiger partial charge in [-0.05, 0) is 54.6 Å². The molecule has 2 aromatic rings. The van der Waals surface area contributed by atoms with Crippen molar-refractivity contribution in [1.82, 2.24) is 31.5 Å². The van der Waals surface area contributed by atoms with Gasteiger partial charge < -0.3 is 31.5 Å². The van der Waals surface area contributed by atoms with Crippen molar-refractivity contribution in [3.63, 3.8) is 0 Å². The Bertz CT molecular complexity index is 1570. The van der Waals surface area contributed by atoms with Gasteiger partial charge in [0.15, 0.2) is 0 Å². The molecule has 0 spiro atoms. The number of amides is 6. The van der Waals surface area contributed by atoms with Gasteiger partial charge in [-0.2, -0.15) is 0 Å². The molecule has 2 fully saturated rings. The van der Waals surface area contributed by atoms with Crippen molar-refractivity contribution < 1.29 is 28.8 Å². The Morgan fingerprint density at radius 3 is 1.57 bits per heavy atom. The lowest BCUT2D eigenvalue weighted by atomic mass is 9.95. The first-order valence-corrected chi connectivity index (χ1v) is 19.2. The van der Waals surface area contributed by atoms with Crippen LogP contribution in [0.5, 0.6) is 0 Å². The third-order valence-corrected chi connectivity index (χ3v) is 10.1. The standard InChI is InChI=1S/C41H58N6O6/c1-7-27(6)35-40(52)44-30(21-25(2)3)36(48)45-33(24-29-17-12-9-13-18-29)41(53)47-20-14-19-34(47)39(51)43-32(23-28-15-10-8-11-16-28)37(49)42-31(22-26(4)5)38(50)46-35/h8-13,15-18,25-27,30-35H,7,14,19-24H2,1-6H3,(H,42,49)(H,43,51)(H,44,52)(H,45,48)(H,46,50)/t27-,30+,31-,32+,33-,34-,35+/m1/s1. The molecule has 0 aliphatic carbocycles. The molecule has 12 nitrogen and oxygen atoms in total. The average Bonchev–Trinajstić information content (AvgIpc) is 3.62. The van der Waals surface area contributed by atoms with Crippen LogP contribution in [0.4, 0.5) is 0 Å². The molecule has 12 heteroatoms. The van der Waals surface area contributed by atoms with Crippen molar-refractivity contribution in [3.05, 3.63) is 71.8 Å². The molecule has 0 aromatic heterocycles. The van der Waals surface area contributed by atoms with Gasteiger partial charge in [0, 0.05) is 19.4 Å². The minimum atomic E-state index is -1.06. The van der Waals surface area contributed by atoms with Crippen molar-refractivity contribution in [2.24, 2.45) is 17.8 Å². The number of fused-ring (bicyclic) bond motifs is 1. The van der Waals surface area contributed by atoms with Gasteiger partial charge in [-0.1, -0.05) is 109 Å². The molecule has 0 saturated carbocycles. The van der Waals surface area contributed by atoms with Crippen LogP contribution in [-0.2, 0) is 41.6 Å². The lowest BCUT2D eigenvalue weighted by Crippen LogP contribution is -2.62. The molecular formula is C41H58N6O6. The van der Waals surface area contributed by atoms with E-state index in [9.17, 15) is 28.8 Å². The van der Waals surface area contributed by atoms with Crippen LogP contribution in [0, 0.1) is 17.8 Å². The van der Waals surface area contributed by atoms with Crippen LogP contribution < -0.4 is 26.6 Å². The first-order chi connectivity index (χ1) is 25.3. The van der Waals surface area contributed by atoms with Crippen LogP contribution in [0.25, 0.3) is 0 Å². The zero-order valence-electron chi connectivity index (χ0n) is 32.0. The third-order valence-electron chi connectivity index (χ3n) is 10.1. The summed E-state index contributed by atoms with van der Waals surface area (Å²) in [6, 6.07) is 12.6. The van der Waals surface area contributed by atoms with E-state index < -0.39 is 71.7 Å². The fourth-order valence-corrected chi connectivity index (χ4v) is 7.05. The molecule has 6 amide bonds. The molecule has 53 heavy (non-hydrogen) atoms. The molecule has 4 rings (SSSR count). The summed E-state index contributed by atoms with van der Waals surface area (Å²) in [6.07, 6.45) is 2.38. The zero-order valence-corrected chi connectivity index (χ0v) is 32.0. The Hall–Kier alpha value is -4.74. The lowest BCUT2D eigenvalue weighted by Gasteiger charge is -2.33. The van der Waals surface area contributed by atoms with Crippen LogP contribution in [0.15, 0.2) is 60.7 Å². The molecule has 7 atom stereocenters. The fourth-order valence-electron chi connectivity index (χ4n) is 7.05. The van der Waals surface area contributed by atoms with Crippen LogP contribution in [0.3, 0.4) is 0 Å². The summed E-state index contributed by atoms with van der Waals surface area (Å²) in [5, 5.41) is 14.5. The number of carbonyl (C=O) groups is 6. The average molecular weight is 731 g/mol. The van der Waals surface area contributed by atoms with Gasteiger partial charge >= 0.3 is 0 Å². The number of nitrogens with one attached hydrogen (secondary N) is 5. The Kier molecular flexibility index (Phi) is 15.0. The van der Waals surface area contributed by atoms with E-state index in [-0.39, 0.29) is 43.4 Å². The third kappa shape index (κ3) is 11.6. The predicted molar refractivity (Wildman–Crippen MR) is 203 cm³/mol. The van der Waals surface area contributed by atoms with E-state index in [4.69, 9.17) is 0 Å². The highest BCUT2D eigenvalue weighted by Gasteiger charge is 2.41. The molecule has 2 aromatic carbocycles. The predicted octanol–water partition coefficient (Wildman–Crippen LogP) is 3.04. The van der Waals surface area contributed by atoms with Crippen LogP contribution in [-0.4, -0.2) is 83.1 Å². The van der Waals surface area contributed by atoms with E-state index >= 15 is 0 Å². The molecule has 0 radical (unpaired) electrons. The number of hydrogen-bond donors (Lipinski definition) is 5. The van der Waals surface area contributed by atoms with Gasteiger partial charge in [-0.25, -0.2) is 0 Å². The van der Waals surface area contributed by atoms with Crippen LogP contribution >= 0.6 is 0 Å². The van der Waals surface area contributed by atoms with E-state index in [2.05, 4.69) is 26.6 Å². The van der Waals surface area contributed by atoms with Gasteiger partial charge in [-0.15, -0.1) is 0 Å². The molecule has 5 N–H and O–H groups in total. The summed E-state index contributed by atoms with van der Waals surface area (Å²) in [5.41, 5.74) is 1.61. The SMILES string of the molecule is CC[C@@H](C)[C@@H]1NC(=O)[C@@H](CC(C)C)NC(=O)[C@H](Cc2ccccc2)NC(=O)[C@H]2CCCN2C(=O)[C@@H](Cc2ccccc2)NC(=O)[C@H](CC(C)C)NC1=O. The Balaban J connectivity index is 1.79. The van der Waals surface area contributed by atoms with Crippen molar-refractivity contribution in [1.29, 1.82) is 0 Å². The summed E-state index contributed by atoms with van der Waals surface area (Å²) < 4.78 is 0. The lowest BCUT2D eigenvalue weighted by molar-refractivity contribution is -0.143. The van der Waals surface area contributed by atoms with E-state index in [0.29, 0.717) is 25.8 Å². The fraction of sp³-hybridized carbons (Fsp3) is 0.561. The van der Waals surface area contributed by atoms with Crippen molar-refractivity contribution in [2.75, 3.05) is 6.54 Å². The second-order valence-electron chi connectivity index (χ2n) is 15.4. The topological polar surface area (TPSA) is 166 Å². The molecule has 0 bridgehead atoms. The minimum Gasteiger partial charge on any atom is -0.343 e. The second-order valence-corrected chi connectivity index (χ2v) is 15.4. The van der Waals surface area contributed by atoms with E-state index in [1.165, 1.54) is 4.90 Å². The largest absolute Gasteiger partial charge is 0.343 e. The Morgan fingerprint density at radius 1 is 0.585 bits per heavy atom. The summed E-state index contributed by atoms with van der Waals surface area (Å²) in [5.74, 6) is -3.32. The second kappa shape index (κ2) is 19.4. The minimum absolute atomic E-state index is 0.00274. The van der Waals surface area contributed by atoms with E-state index in [0.717, 1.165) is 11.1 Å². The van der Waals surface area contributed by atoms with Gasteiger partial charge in [-0.3, -0.25) is 28.8 Å². The van der Waals surface area contributed by atoms with Crippen molar-refractivity contribution in [2.45, 2.75) is 123 Å². The molecular weight excluding hydrogens is 672 g/mol. The summed E-state index contributed by atoms with van der Waals surface area (Å²) in [6.45, 7) is 11.8. The smallest absolute Gasteiger partial charge is 0.246 e. The summed E-state index contributed by atoms with van der Waals surface area (Å²) >= 11 is 0. The molecule has 2 saturated heterocycles. The molecule has 288 valence electrons. The van der Waals surface area contributed by atoms with Crippen LogP contribution in [0.2, 0.25) is 0 Å².